The number of nitrogens with zero attached hydrogens (tertiary/aromatic N) is 1. The van der Waals surface area contributed by atoms with E-state index in [9.17, 15) is 9.36 Å². The van der Waals surface area contributed by atoms with E-state index in [0.717, 1.165) is 4.90 Å². The molecule has 0 aliphatic rings. The van der Waals surface area contributed by atoms with Crippen molar-refractivity contribution in [1.29, 1.82) is 5.41 Å². The van der Waals surface area contributed by atoms with Crippen molar-refractivity contribution in [1.82, 2.24) is 10.4 Å². The molecule has 14 heavy (non-hydrogen) atoms. The first-order valence-electron chi connectivity index (χ1n) is 3.56. The smallest absolute Gasteiger partial charge is 0.337 e. The van der Waals surface area contributed by atoms with Gasteiger partial charge < -0.3 is 14.9 Å². The Bertz CT molecular complexity index is 258. The largest absolute Gasteiger partial charge is 0.480 e. The predicted octanol–water partition coefficient (Wildman–Crippen LogP) is -0.771. The Labute approximate surface area is 80.9 Å². The molecule has 0 aromatic rings. The number of guanidine groups is 1. The first-order chi connectivity index (χ1) is 6.36. The van der Waals surface area contributed by atoms with Crippen LogP contribution in [0.4, 0.5) is 0 Å². The van der Waals surface area contributed by atoms with E-state index in [1.807, 2.05) is 5.48 Å². The minimum atomic E-state index is -3.18. The molecule has 9 heteroatoms. The highest BCUT2D eigenvalue weighted by molar-refractivity contribution is 7.32. The quantitative estimate of drug-likeness (QED) is 0.214. The zero-order valence-electron chi connectivity index (χ0n) is 7.64. The molecule has 0 heterocycles. The lowest BCUT2D eigenvalue weighted by Crippen LogP contribution is -2.45. The van der Waals surface area contributed by atoms with Gasteiger partial charge in [-0.1, -0.05) is 0 Å². The molecule has 0 spiro atoms. The molecule has 0 bridgehead atoms. The average molecular weight is 225 g/mol. The number of hydroxylamine groups is 1. The summed E-state index contributed by atoms with van der Waals surface area (Å²) in [7, 11) is -1.84. The molecule has 0 fully saturated rings. The van der Waals surface area contributed by atoms with Gasteiger partial charge in [0.15, 0.2) is 0 Å². The van der Waals surface area contributed by atoms with Crippen molar-refractivity contribution < 1.29 is 24.0 Å². The van der Waals surface area contributed by atoms with Crippen LogP contribution in [0.15, 0.2) is 0 Å². The molecule has 82 valence electrons. The summed E-state index contributed by atoms with van der Waals surface area (Å²) in [5.41, 5.74) is 1.85. The van der Waals surface area contributed by atoms with Gasteiger partial charge in [-0.3, -0.25) is 9.97 Å². The number of aliphatic carboxylic acids is 1. The van der Waals surface area contributed by atoms with Gasteiger partial charge in [0.05, 0.1) is 0 Å². The molecule has 0 aliphatic carbocycles. The Hall–Kier alpha value is -1.11. The fraction of sp³-hybridized carbons (Fsp3) is 0.600. The molecule has 0 aromatic heterocycles. The zero-order valence-corrected chi connectivity index (χ0v) is 8.64. The Balaban J connectivity index is 4.11. The summed E-state index contributed by atoms with van der Waals surface area (Å²) in [6.07, 6.45) is 0. The van der Waals surface area contributed by atoms with Crippen LogP contribution in [-0.2, 0) is 14.0 Å². The summed E-state index contributed by atoms with van der Waals surface area (Å²) in [5.74, 6) is -1.52. The van der Waals surface area contributed by atoms with Crippen LogP contribution in [0.25, 0.3) is 0 Å². The summed E-state index contributed by atoms with van der Waals surface area (Å²) in [6.45, 7) is 1.36. The molecule has 0 saturated heterocycles. The third-order valence-corrected chi connectivity index (χ3v) is 1.80. The van der Waals surface area contributed by atoms with Gasteiger partial charge in [0.25, 0.3) is 0 Å². The van der Waals surface area contributed by atoms with Crippen LogP contribution in [0.2, 0.25) is 0 Å². The molecular weight excluding hydrogens is 213 g/mol. The summed E-state index contributed by atoms with van der Waals surface area (Å²) in [4.78, 5) is 19.8. The number of carbonyl (C=O) groups is 1. The monoisotopic (exact) mass is 225 g/mol. The van der Waals surface area contributed by atoms with Gasteiger partial charge in [-0.25, -0.2) is 10.3 Å². The second-order valence-electron chi connectivity index (χ2n) is 2.44. The van der Waals surface area contributed by atoms with E-state index < -0.39 is 26.2 Å². The molecule has 2 atom stereocenters. The Morgan fingerprint density at radius 2 is 2.21 bits per heavy atom. The van der Waals surface area contributed by atoms with Crippen LogP contribution in [0, 0.1) is 5.41 Å². The predicted molar refractivity (Wildman–Crippen MR) is 48.0 cm³/mol. The zero-order chi connectivity index (χ0) is 11.3. The second kappa shape index (κ2) is 5.58. The maximum absolute atomic E-state index is 10.5. The summed E-state index contributed by atoms with van der Waals surface area (Å²) in [6, 6.07) is -0.931. The van der Waals surface area contributed by atoms with E-state index in [-0.39, 0.29) is 0 Å². The van der Waals surface area contributed by atoms with Crippen LogP contribution in [0.1, 0.15) is 6.92 Å². The van der Waals surface area contributed by atoms with Gasteiger partial charge in [-0.05, 0) is 6.92 Å². The van der Waals surface area contributed by atoms with Crippen LogP contribution >= 0.6 is 8.25 Å². The Kier molecular flexibility index (Phi) is 5.14. The first-order valence-corrected chi connectivity index (χ1v) is 4.82. The highest BCUT2D eigenvalue weighted by Crippen LogP contribution is 2.11. The van der Waals surface area contributed by atoms with E-state index >= 15 is 0 Å². The summed E-state index contributed by atoms with van der Waals surface area (Å²) in [5, 5.41) is 15.8. The second-order valence-corrected chi connectivity index (χ2v) is 3.18. The van der Waals surface area contributed by atoms with E-state index in [0.29, 0.717) is 0 Å². The highest BCUT2D eigenvalue weighted by Gasteiger charge is 2.19. The summed E-state index contributed by atoms with van der Waals surface area (Å²) >= 11 is 0. The van der Waals surface area contributed by atoms with Crippen molar-refractivity contribution >= 4 is 20.2 Å². The number of likely N-dealkylation sites (N-methyl/N-ethyl adjacent to an activating group) is 1. The maximum Gasteiger partial charge on any atom is 0.337 e. The van der Waals surface area contributed by atoms with Crippen LogP contribution < -0.4 is 5.48 Å². The Morgan fingerprint density at radius 3 is 2.57 bits per heavy atom. The van der Waals surface area contributed by atoms with Crippen LogP contribution in [0.5, 0.6) is 0 Å². The molecule has 8 nitrogen and oxygen atoms in total. The molecule has 0 radical (unpaired) electrons. The van der Waals surface area contributed by atoms with Gasteiger partial charge in [-0.15, -0.1) is 0 Å². The lowest BCUT2D eigenvalue weighted by Gasteiger charge is -2.23. The van der Waals surface area contributed by atoms with Crippen molar-refractivity contribution in [3.05, 3.63) is 0 Å². The van der Waals surface area contributed by atoms with Gasteiger partial charge in [0, 0.05) is 7.05 Å². The van der Waals surface area contributed by atoms with E-state index in [1.165, 1.54) is 14.0 Å². The molecule has 4 N–H and O–H groups in total. The highest BCUT2D eigenvalue weighted by atomic mass is 31.1. The van der Waals surface area contributed by atoms with Crippen molar-refractivity contribution in [2.24, 2.45) is 0 Å². The number of hydrogen-bond acceptors (Lipinski definition) is 4. The minimum Gasteiger partial charge on any atom is -0.480 e. The lowest BCUT2D eigenvalue weighted by atomic mass is 10.3. The third-order valence-electron chi connectivity index (χ3n) is 1.53. The maximum atomic E-state index is 10.5. The number of nitrogens with one attached hydrogen (secondary N) is 2. The molecule has 1 unspecified atom stereocenters. The molecular formula is C5H12N3O5P. The topological polar surface area (TPSA) is 123 Å². The Morgan fingerprint density at radius 1 is 1.71 bits per heavy atom. The SMILES string of the molecule is C[C@H](C(=O)O)N(C)C(=N)NO[PH](=O)O. The van der Waals surface area contributed by atoms with Crippen molar-refractivity contribution in [3.63, 3.8) is 0 Å². The van der Waals surface area contributed by atoms with Crippen molar-refractivity contribution in [3.8, 4) is 0 Å². The molecule has 0 amide bonds. The third kappa shape index (κ3) is 4.22. The van der Waals surface area contributed by atoms with Crippen molar-refractivity contribution in [2.45, 2.75) is 13.0 Å². The fourth-order valence-electron chi connectivity index (χ4n) is 0.523. The van der Waals surface area contributed by atoms with Gasteiger partial charge in [-0.2, -0.15) is 4.62 Å². The number of hydrogen-bond donors (Lipinski definition) is 4. The normalized spacial score (nSPS) is 14.2. The first kappa shape index (κ1) is 12.9. The van der Waals surface area contributed by atoms with Crippen molar-refractivity contribution in [2.75, 3.05) is 7.05 Å². The van der Waals surface area contributed by atoms with Crippen LogP contribution in [0.3, 0.4) is 0 Å². The number of carboxylic acid groups (broad SMARTS) is 1. The molecule has 0 aromatic carbocycles. The van der Waals surface area contributed by atoms with E-state index in [4.69, 9.17) is 15.4 Å². The van der Waals surface area contributed by atoms with E-state index in [2.05, 4.69) is 4.62 Å². The van der Waals surface area contributed by atoms with Gasteiger partial charge in [0.1, 0.15) is 6.04 Å². The number of rotatable bonds is 4. The lowest BCUT2D eigenvalue weighted by molar-refractivity contribution is -0.140. The minimum absolute atomic E-state index is 0.410. The summed E-state index contributed by atoms with van der Waals surface area (Å²) < 4.78 is 14.1. The molecule has 0 saturated carbocycles. The average Bonchev–Trinajstić information content (AvgIpc) is 2.11. The van der Waals surface area contributed by atoms with E-state index in [1.54, 1.807) is 0 Å². The van der Waals surface area contributed by atoms with Gasteiger partial charge in [0.2, 0.25) is 5.96 Å². The molecule has 0 aliphatic heterocycles. The fourth-order valence-corrected chi connectivity index (χ4v) is 0.707. The number of carboxylic acids is 1. The van der Waals surface area contributed by atoms with Gasteiger partial charge >= 0.3 is 14.2 Å². The molecule has 0 rings (SSSR count). The standard InChI is InChI=1S/C5H12N3O5P/c1-3(4(9)10)8(2)5(6)7-13-14(11)12/h3,14H,1-2H3,(H2,6,7)(H,9,10)(H,11,12)/t3-/m1/s1. The van der Waals surface area contributed by atoms with Crippen LogP contribution in [-0.4, -0.2) is 39.9 Å².